The van der Waals surface area contributed by atoms with E-state index in [-0.39, 0.29) is 11.0 Å². The third-order valence-corrected chi connectivity index (χ3v) is 1.63. The molecule has 5 heteroatoms. The van der Waals surface area contributed by atoms with Gasteiger partial charge in [0.1, 0.15) is 17.7 Å². The molecule has 0 atom stereocenters. The van der Waals surface area contributed by atoms with Crippen LogP contribution < -0.4 is 5.32 Å². The van der Waals surface area contributed by atoms with Crippen LogP contribution in [-0.4, -0.2) is 29.4 Å². The molecule has 0 amide bonds. The Morgan fingerprint density at radius 2 is 2.00 bits per heavy atom. The van der Waals surface area contributed by atoms with E-state index in [1.807, 2.05) is 20.8 Å². The lowest BCUT2D eigenvalue weighted by atomic mass is 10.0. The maximum atomic E-state index is 10.5. The Labute approximate surface area is 101 Å². The molecule has 2 N–H and O–H groups in total. The van der Waals surface area contributed by atoms with Gasteiger partial charge in [0.25, 0.3) is 0 Å². The van der Waals surface area contributed by atoms with Crippen molar-refractivity contribution in [3.63, 3.8) is 0 Å². The normalized spacial score (nSPS) is 9.88. The van der Waals surface area contributed by atoms with Crippen LogP contribution in [0.1, 0.15) is 31.1 Å². The average molecular weight is 238 g/mol. The van der Waals surface area contributed by atoms with E-state index in [0.29, 0.717) is 5.82 Å². The summed E-state index contributed by atoms with van der Waals surface area (Å²) < 4.78 is 0. The van der Waals surface area contributed by atoms with Gasteiger partial charge in [-0.1, -0.05) is 20.8 Å². The first kappa shape index (κ1) is 15.1. The van der Waals surface area contributed by atoms with Crippen LogP contribution in [0.15, 0.2) is 18.3 Å². The summed E-state index contributed by atoms with van der Waals surface area (Å²) in [4.78, 5) is 24.2. The molecule has 1 rings (SSSR count). The molecule has 1 aromatic heterocycles. The van der Waals surface area contributed by atoms with Crippen molar-refractivity contribution in [3.8, 4) is 0 Å². The molecule has 1 heterocycles. The highest BCUT2D eigenvalue weighted by atomic mass is 16.4. The summed E-state index contributed by atoms with van der Waals surface area (Å²) in [5, 5.41) is 11.3. The van der Waals surface area contributed by atoms with Gasteiger partial charge in [-0.15, -0.1) is 0 Å². The first-order valence-electron chi connectivity index (χ1n) is 5.14. The van der Waals surface area contributed by atoms with E-state index >= 15 is 0 Å². The van der Waals surface area contributed by atoms with Gasteiger partial charge in [0.15, 0.2) is 0 Å². The standard InChI is InChI=1S/C7H8N2O2.C5H10O/c1-8-6-5(7(10)11)3-2-4-9-6;1-5(2,3)4-6/h2-4H,1H3,(H,8,9)(H,10,11);4H,1-3H3. The highest BCUT2D eigenvalue weighted by Crippen LogP contribution is 2.09. The second kappa shape index (κ2) is 6.62. The number of carboxylic acid groups (broad SMARTS) is 1. The first-order valence-corrected chi connectivity index (χ1v) is 5.14. The Morgan fingerprint density at radius 1 is 1.47 bits per heavy atom. The third kappa shape index (κ3) is 6.29. The molecule has 5 nitrogen and oxygen atoms in total. The summed E-state index contributed by atoms with van der Waals surface area (Å²) in [5.74, 6) is -0.581. The molecule has 0 saturated heterocycles. The average Bonchev–Trinajstić information content (AvgIpc) is 2.28. The SMILES string of the molecule is CC(C)(C)C=O.CNc1ncccc1C(=O)O. The van der Waals surface area contributed by atoms with Crippen LogP contribution in [0.25, 0.3) is 0 Å². The van der Waals surface area contributed by atoms with Crippen LogP contribution in [0, 0.1) is 5.41 Å². The van der Waals surface area contributed by atoms with Crippen molar-refractivity contribution in [1.29, 1.82) is 0 Å². The summed E-state index contributed by atoms with van der Waals surface area (Å²) >= 11 is 0. The summed E-state index contributed by atoms with van der Waals surface area (Å²) in [6.07, 6.45) is 2.48. The Bertz CT molecular complexity index is 384. The quantitative estimate of drug-likeness (QED) is 0.771. The monoisotopic (exact) mass is 238 g/mol. The number of aromatic carboxylic acids is 1. The fourth-order valence-corrected chi connectivity index (χ4v) is 0.777. The van der Waals surface area contributed by atoms with E-state index in [0.717, 1.165) is 6.29 Å². The number of carboxylic acids is 1. The number of nitrogens with zero attached hydrogens (tertiary/aromatic N) is 1. The van der Waals surface area contributed by atoms with E-state index in [9.17, 15) is 9.59 Å². The third-order valence-electron chi connectivity index (χ3n) is 1.63. The maximum absolute atomic E-state index is 10.5. The zero-order valence-corrected chi connectivity index (χ0v) is 10.5. The number of hydrogen-bond acceptors (Lipinski definition) is 4. The van der Waals surface area contributed by atoms with Crippen LogP contribution in [0.4, 0.5) is 5.82 Å². The van der Waals surface area contributed by atoms with Gasteiger partial charge in [-0.3, -0.25) is 0 Å². The predicted octanol–water partition coefficient (Wildman–Crippen LogP) is 2.05. The Balaban J connectivity index is 0.000000366. The lowest BCUT2D eigenvalue weighted by Crippen LogP contribution is -2.04. The molecular formula is C12H18N2O3. The van der Waals surface area contributed by atoms with Crippen LogP contribution in [0.5, 0.6) is 0 Å². The van der Waals surface area contributed by atoms with E-state index in [4.69, 9.17) is 5.11 Å². The van der Waals surface area contributed by atoms with E-state index in [2.05, 4.69) is 10.3 Å². The smallest absolute Gasteiger partial charge is 0.339 e. The Hall–Kier alpha value is -1.91. The molecule has 0 fully saturated rings. The lowest BCUT2D eigenvalue weighted by Gasteiger charge is -2.03. The lowest BCUT2D eigenvalue weighted by molar-refractivity contribution is -0.113. The topological polar surface area (TPSA) is 79.3 Å². The molecule has 0 aliphatic heterocycles. The molecule has 0 aliphatic carbocycles. The van der Waals surface area contributed by atoms with Gasteiger partial charge in [-0.2, -0.15) is 0 Å². The van der Waals surface area contributed by atoms with Gasteiger partial charge in [-0.25, -0.2) is 9.78 Å². The Kier molecular flexibility index (Phi) is 5.88. The summed E-state index contributed by atoms with van der Waals surface area (Å²) in [7, 11) is 1.63. The highest BCUT2D eigenvalue weighted by Gasteiger charge is 2.07. The summed E-state index contributed by atoms with van der Waals surface area (Å²) in [6, 6.07) is 3.09. The maximum Gasteiger partial charge on any atom is 0.339 e. The van der Waals surface area contributed by atoms with Crippen LogP contribution in [0.3, 0.4) is 0 Å². The fourth-order valence-electron chi connectivity index (χ4n) is 0.777. The van der Waals surface area contributed by atoms with Crippen molar-refractivity contribution >= 4 is 18.1 Å². The number of rotatable bonds is 2. The van der Waals surface area contributed by atoms with Gasteiger partial charge in [0.2, 0.25) is 0 Å². The van der Waals surface area contributed by atoms with Crippen molar-refractivity contribution in [2.24, 2.45) is 5.41 Å². The molecule has 0 radical (unpaired) electrons. The predicted molar refractivity (Wildman–Crippen MR) is 66.3 cm³/mol. The second-order valence-electron chi connectivity index (χ2n) is 4.44. The van der Waals surface area contributed by atoms with Gasteiger partial charge in [0, 0.05) is 18.7 Å². The highest BCUT2D eigenvalue weighted by molar-refractivity contribution is 5.92. The van der Waals surface area contributed by atoms with E-state index in [1.54, 1.807) is 13.1 Å². The molecule has 0 aromatic carbocycles. The van der Waals surface area contributed by atoms with Crippen LogP contribution in [0.2, 0.25) is 0 Å². The first-order chi connectivity index (χ1) is 7.81. The van der Waals surface area contributed by atoms with Crippen molar-refractivity contribution in [3.05, 3.63) is 23.9 Å². The molecular weight excluding hydrogens is 220 g/mol. The van der Waals surface area contributed by atoms with Crippen molar-refractivity contribution in [2.45, 2.75) is 20.8 Å². The van der Waals surface area contributed by atoms with Gasteiger partial charge < -0.3 is 15.2 Å². The minimum Gasteiger partial charge on any atom is -0.478 e. The number of pyridine rings is 1. The van der Waals surface area contributed by atoms with E-state index in [1.165, 1.54) is 12.3 Å². The second-order valence-corrected chi connectivity index (χ2v) is 4.44. The summed E-state index contributed by atoms with van der Waals surface area (Å²) in [6.45, 7) is 5.62. The van der Waals surface area contributed by atoms with Crippen LogP contribution in [-0.2, 0) is 4.79 Å². The fraction of sp³-hybridized carbons (Fsp3) is 0.417. The zero-order chi connectivity index (χ0) is 13.5. The number of aromatic nitrogens is 1. The molecule has 0 aliphatic rings. The minimum absolute atomic E-state index is 0.139. The molecule has 17 heavy (non-hydrogen) atoms. The Morgan fingerprint density at radius 3 is 2.29 bits per heavy atom. The number of hydrogen-bond donors (Lipinski definition) is 2. The number of anilines is 1. The summed E-state index contributed by atoms with van der Waals surface area (Å²) in [5.41, 5.74) is 0.0509. The van der Waals surface area contributed by atoms with Crippen molar-refractivity contribution in [2.75, 3.05) is 12.4 Å². The molecule has 0 bridgehead atoms. The van der Waals surface area contributed by atoms with Crippen LogP contribution >= 0.6 is 0 Å². The molecule has 0 unspecified atom stereocenters. The molecule has 0 saturated carbocycles. The zero-order valence-electron chi connectivity index (χ0n) is 10.5. The van der Waals surface area contributed by atoms with Gasteiger partial charge in [0.05, 0.1) is 0 Å². The number of carbonyl (C=O) groups is 2. The molecule has 1 aromatic rings. The van der Waals surface area contributed by atoms with E-state index < -0.39 is 5.97 Å². The number of nitrogens with one attached hydrogen (secondary N) is 1. The number of carbonyl (C=O) groups excluding carboxylic acids is 1. The van der Waals surface area contributed by atoms with Crippen molar-refractivity contribution in [1.82, 2.24) is 4.98 Å². The minimum atomic E-state index is -0.970. The van der Waals surface area contributed by atoms with Gasteiger partial charge >= 0.3 is 5.97 Å². The molecule has 94 valence electrons. The molecule has 0 spiro atoms. The van der Waals surface area contributed by atoms with Crippen molar-refractivity contribution < 1.29 is 14.7 Å². The largest absolute Gasteiger partial charge is 0.478 e. The number of aldehydes is 1. The van der Waals surface area contributed by atoms with Gasteiger partial charge in [-0.05, 0) is 12.1 Å².